The molecular weight excluding hydrogens is 719 g/mol. The third kappa shape index (κ3) is 7.23. The Bertz CT molecular complexity index is 2950. The molecule has 4 nitrogen and oxygen atoms in total. The zero-order valence-electron chi connectivity index (χ0n) is 34.2. The van der Waals surface area contributed by atoms with Crippen molar-refractivity contribution in [3.63, 3.8) is 0 Å². The van der Waals surface area contributed by atoms with Crippen LogP contribution >= 0.6 is 0 Å². The molecular formula is C55H47N3O. The van der Waals surface area contributed by atoms with Crippen molar-refractivity contribution in [3.05, 3.63) is 193 Å². The minimum Gasteiger partial charge on any atom is -0.507 e. The second kappa shape index (κ2) is 15.7. The molecule has 288 valence electrons. The van der Waals surface area contributed by atoms with Crippen molar-refractivity contribution in [2.45, 2.75) is 46.5 Å². The number of aromatic nitrogens is 3. The van der Waals surface area contributed by atoms with Crippen LogP contribution in [0.5, 0.6) is 5.75 Å². The van der Waals surface area contributed by atoms with E-state index < -0.39 is 0 Å². The molecule has 0 aliphatic heterocycles. The number of phenols is 1. The topological polar surface area (TPSA) is 50.9 Å². The summed E-state index contributed by atoms with van der Waals surface area (Å²) in [5.74, 6) is 1.35. The maximum absolute atomic E-state index is 12.2. The van der Waals surface area contributed by atoms with Crippen LogP contribution in [0.4, 0.5) is 0 Å². The van der Waals surface area contributed by atoms with E-state index in [1.165, 1.54) is 5.56 Å². The van der Waals surface area contributed by atoms with Gasteiger partial charge in [-0.05, 0) is 118 Å². The number of hydrogen-bond acceptors (Lipinski definition) is 3. The summed E-state index contributed by atoms with van der Waals surface area (Å²) in [6.07, 6.45) is 1.90. The van der Waals surface area contributed by atoms with Gasteiger partial charge in [0.05, 0.1) is 28.0 Å². The Hall–Kier alpha value is -7.04. The van der Waals surface area contributed by atoms with Crippen molar-refractivity contribution >= 4 is 11.0 Å². The van der Waals surface area contributed by atoms with Crippen LogP contribution in [-0.2, 0) is 0 Å². The van der Waals surface area contributed by atoms with E-state index >= 15 is 0 Å². The van der Waals surface area contributed by atoms with Crippen LogP contribution in [0.1, 0.15) is 56.2 Å². The molecule has 59 heavy (non-hydrogen) atoms. The highest BCUT2D eigenvalue weighted by atomic mass is 16.3. The highest BCUT2D eigenvalue weighted by molar-refractivity contribution is 5.98. The van der Waals surface area contributed by atoms with Crippen LogP contribution in [0.2, 0.25) is 0 Å². The van der Waals surface area contributed by atoms with Crippen LogP contribution in [0, 0.1) is 6.92 Å². The lowest BCUT2D eigenvalue weighted by molar-refractivity contribution is 0.466. The number of fused-ring (bicyclic) bond motifs is 1. The van der Waals surface area contributed by atoms with Gasteiger partial charge in [0, 0.05) is 22.9 Å². The first-order chi connectivity index (χ1) is 28.7. The van der Waals surface area contributed by atoms with E-state index in [0.29, 0.717) is 5.82 Å². The van der Waals surface area contributed by atoms with E-state index in [1.807, 2.05) is 12.3 Å². The molecule has 0 atom stereocenters. The maximum atomic E-state index is 12.2. The van der Waals surface area contributed by atoms with E-state index in [9.17, 15) is 5.11 Å². The maximum Gasteiger partial charge on any atom is 0.149 e. The average Bonchev–Trinajstić information content (AvgIpc) is 3.66. The summed E-state index contributed by atoms with van der Waals surface area (Å²) in [4.78, 5) is 10.5. The number of hydrogen-bond donors (Lipinski definition) is 1. The molecule has 0 spiro atoms. The minimum absolute atomic E-state index is 0.119. The number of nitrogens with zero attached hydrogens (tertiary/aromatic N) is 3. The van der Waals surface area contributed by atoms with Gasteiger partial charge in [0.1, 0.15) is 11.6 Å². The van der Waals surface area contributed by atoms with Gasteiger partial charge in [-0.2, -0.15) is 0 Å². The molecule has 9 aromatic rings. The molecule has 0 saturated carbocycles. The molecule has 1 N–H and O–H groups in total. The first-order valence-corrected chi connectivity index (χ1v) is 20.5. The second-order valence-electron chi connectivity index (χ2n) is 16.1. The summed E-state index contributed by atoms with van der Waals surface area (Å²) in [7, 11) is 0. The fourth-order valence-electron chi connectivity index (χ4n) is 8.20. The number of aryl methyl sites for hydroxylation is 1. The number of benzene rings is 7. The quantitative estimate of drug-likeness (QED) is 0.159. The number of pyridine rings is 1. The summed E-state index contributed by atoms with van der Waals surface area (Å²) in [6, 6.07) is 59.9. The van der Waals surface area contributed by atoms with Crippen LogP contribution in [-0.4, -0.2) is 19.6 Å². The highest BCUT2D eigenvalue weighted by Crippen LogP contribution is 2.44. The van der Waals surface area contributed by atoms with Gasteiger partial charge >= 0.3 is 0 Å². The Morgan fingerprint density at radius 2 is 1.14 bits per heavy atom. The smallest absolute Gasteiger partial charge is 0.149 e. The number of imidazole rings is 1. The fourth-order valence-corrected chi connectivity index (χ4v) is 8.20. The molecule has 7 aromatic carbocycles. The summed E-state index contributed by atoms with van der Waals surface area (Å²) in [5.41, 5.74) is 17.4. The lowest BCUT2D eigenvalue weighted by atomic mass is 9.91. The van der Waals surface area contributed by atoms with Crippen LogP contribution in [0.3, 0.4) is 0 Å². The molecule has 0 fully saturated rings. The van der Waals surface area contributed by atoms with E-state index in [4.69, 9.17) is 9.97 Å². The van der Waals surface area contributed by atoms with Crippen LogP contribution < -0.4 is 0 Å². The lowest BCUT2D eigenvalue weighted by Gasteiger charge is -2.19. The molecule has 0 unspecified atom stereocenters. The van der Waals surface area contributed by atoms with Crippen molar-refractivity contribution in [3.8, 4) is 78.6 Å². The summed E-state index contributed by atoms with van der Waals surface area (Å²) >= 11 is 0. The number of phenolic OH excluding ortho intramolecular Hbond substituents is 1. The van der Waals surface area contributed by atoms with Crippen molar-refractivity contribution < 1.29 is 5.11 Å². The zero-order valence-corrected chi connectivity index (χ0v) is 34.2. The first-order valence-electron chi connectivity index (χ1n) is 20.5. The Labute approximate surface area is 347 Å². The SMILES string of the molecule is Cc1ccc(-n2c(-c3cc(C(C)C)cc(C(C)C)c3O)nc3c(-c4cc(-c5ccccc5)cc(-c5cc(-c6ccccc6)ccn5)c4)cccc32)c(-c2ccccc2)c1. The molecule has 0 bridgehead atoms. The first kappa shape index (κ1) is 37.5. The van der Waals surface area contributed by atoms with Gasteiger partial charge in [-0.1, -0.05) is 149 Å². The third-order valence-corrected chi connectivity index (χ3v) is 11.4. The molecule has 4 heteroatoms. The number of rotatable bonds is 9. The van der Waals surface area contributed by atoms with Gasteiger partial charge in [-0.15, -0.1) is 0 Å². The highest BCUT2D eigenvalue weighted by Gasteiger charge is 2.25. The molecule has 2 heterocycles. The average molecular weight is 766 g/mol. The number of para-hydroxylation sites is 1. The van der Waals surface area contributed by atoms with Crippen LogP contribution in [0.25, 0.3) is 83.9 Å². The van der Waals surface area contributed by atoms with Gasteiger partial charge in [-0.25, -0.2) is 4.98 Å². The molecule has 9 rings (SSSR count). The summed E-state index contributed by atoms with van der Waals surface area (Å²) < 4.78 is 2.26. The van der Waals surface area contributed by atoms with Gasteiger partial charge in [0.2, 0.25) is 0 Å². The second-order valence-corrected chi connectivity index (χ2v) is 16.1. The molecule has 0 amide bonds. The zero-order chi connectivity index (χ0) is 40.6. The third-order valence-electron chi connectivity index (χ3n) is 11.4. The van der Waals surface area contributed by atoms with Crippen molar-refractivity contribution in [1.29, 1.82) is 0 Å². The summed E-state index contributed by atoms with van der Waals surface area (Å²) in [5, 5.41) is 12.2. The van der Waals surface area contributed by atoms with Gasteiger partial charge in [-0.3, -0.25) is 9.55 Å². The molecule has 0 saturated heterocycles. The Balaban J connectivity index is 1.34. The normalized spacial score (nSPS) is 11.5. The Morgan fingerprint density at radius 3 is 1.81 bits per heavy atom. The Kier molecular flexibility index (Phi) is 10.00. The summed E-state index contributed by atoms with van der Waals surface area (Å²) in [6.45, 7) is 10.8. The van der Waals surface area contributed by atoms with E-state index in [0.717, 1.165) is 89.2 Å². The predicted octanol–water partition coefficient (Wildman–Crippen LogP) is 14.7. The van der Waals surface area contributed by atoms with Crippen molar-refractivity contribution in [2.24, 2.45) is 0 Å². The van der Waals surface area contributed by atoms with E-state index in [2.05, 4.69) is 203 Å². The van der Waals surface area contributed by atoms with E-state index in [-0.39, 0.29) is 17.6 Å². The molecule has 0 aliphatic carbocycles. The fraction of sp³-hybridized carbons (Fsp3) is 0.127. The van der Waals surface area contributed by atoms with Gasteiger partial charge in [0.15, 0.2) is 0 Å². The predicted molar refractivity (Wildman–Crippen MR) is 246 cm³/mol. The Morgan fingerprint density at radius 1 is 0.492 bits per heavy atom. The molecule has 0 aliphatic rings. The van der Waals surface area contributed by atoms with E-state index in [1.54, 1.807) is 0 Å². The van der Waals surface area contributed by atoms with Crippen molar-refractivity contribution in [2.75, 3.05) is 0 Å². The number of aromatic hydroxyl groups is 1. The van der Waals surface area contributed by atoms with Crippen LogP contribution in [0.15, 0.2) is 176 Å². The molecule has 2 aromatic heterocycles. The molecule has 0 radical (unpaired) electrons. The van der Waals surface area contributed by atoms with Gasteiger partial charge in [0.25, 0.3) is 0 Å². The monoisotopic (exact) mass is 765 g/mol. The lowest BCUT2D eigenvalue weighted by Crippen LogP contribution is -2.03. The van der Waals surface area contributed by atoms with Gasteiger partial charge < -0.3 is 5.11 Å². The van der Waals surface area contributed by atoms with Crippen molar-refractivity contribution in [1.82, 2.24) is 14.5 Å². The minimum atomic E-state index is 0.119. The largest absolute Gasteiger partial charge is 0.507 e. The standard InChI is InChI=1S/C55H47N3O/c1-35(2)42-32-47(36(3)4)54(59)49(33-42)55-57-53-46(22-15-23-52(53)58(55)51-25-24-37(5)28-48(51)40-20-13-8-14-21-40)44-29-43(39-18-11-7-12-19-39)30-45(31-44)50-34-41(26-27-56-50)38-16-9-6-10-17-38/h6-36,59H,1-5H3.